The van der Waals surface area contributed by atoms with Gasteiger partial charge in [-0.3, -0.25) is 0 Å². The minimum absolute atomic E-state index is 0.356. The van der Waals surface area contributed by atoms with Gasteiger partial charge in [0.25, 0.3) is 12.6 Å². The van der Waals surface area contributed by atoms with Crippen molar-refractivity contribution in [2.45, 2.75) is 66.3 Å². The summed E-state index contributed by atoms with van der Waals surface area (Å²) in [6, 6.07) is 0. The highest BCUT2D eigenvalue weighted by molar-refractivity contribution is 7.33. The lowest BCUT2D eigenvalue weighted by atomic mass is 10.5. The summed E-state index contributed by atoms with van der Waals surface area (Å²) in [4.78, 5) is 22.3. The lowest BCUT2D eigenvalue weighted by molar-refractivity contribution is -0.0853. The van der Waals surface area contributed by atoms with Crippen LogP contribution >= 0.6 is 8.25 Å². The molecule has 0 bridgehead atoms. The van der Waals surface area contributed by atoms with Crippen molar-refractivity contribution in [3.05, 3.63) is 0 Å². The Balaban J connectivity index is 4.06. The van der Waals surface area contributed by atoms with Crippen LogP contribution < -0.4 is 0 Å². The van der Waals surface area contributed by atoms with Crippen molar-refractivity contribution < 1.29 is 42.1 Å². The molecule has 10 heteroatoms. The second-order valence-corrected chi connectivity index (χ2v) is 5.51. The summed E-state index contributed by atoms with van der Waals surface area (Å²) < 4.78 is 39.8. The monoisotopic (exact) mass is 341 g/mol. The van der Waals surface area contributed by atoms with Crippen LogP contribution in [0.4, 0.5) is 9.59 Å². The van der Waals surface area contributed by atoms with Gasteiger partial charge >= 0.3 is 20.6 Å². The maximum Gasteiger partial charge on any atom is 0.705 e. The van der Waals surface area contributed by atoms with E-state index >= 15 is 0 Å². The van der Waals surface area contributed by atoms with Crippen molar-refractivity contribution in [2.75, 3.05) is 0 Å². The van der Waals surface area contributed by atoms with E-state index in [2.05, 4.69) is 9.47 Å². The Morgan fingerprint density at radius 1 is 0.682 bits per heavy atom. The highest BCUT2D eigenvalue weighted by Crippen LogP contribution is 2.29. The molecule has 0 saturated heterocycles. The molecule has 0 N–H and O–H groups in total. The van der Waals surface area contributed by atoms with Crippen molar-refractivity contribution >= 4 is 20.6 Å². The standard InChI is InChI=1S/C12H22O9P/c1-7(2)16-11(13)18-9(5)20-22(15)21-10(6)19-12(14)17-8(3)4/h7-10H,1-6H3/q+1. The third-order valence-corrected chi connectivity index (χ3v) is 2.60. The minimum atomic E-state index is -2.68. The molecule has 0 aliphatic rings. The summed E-state index contributed by atoms with van der Waals surface area (Å²) in [7, 11) is -2.68. The molecule has 0 aliphatic carbocycles. The zero-order chi connectivity index (χ0) is 17.3. The van der Waals surface area contributed by atoms with E-state index in [0.717, 1.165) is 0 Å². The van der Waals surface area contributed by atoms with Gasteiger partial charge in [-0.15, -0.1) is 0 Å². The molecule has 0 aliphatic heterocycles. The van der Waals surface area contributed by atoms with Crippen LogP contribution in [-0.2, 0) is 32.6 Å². The van der Waals surface area contributed by atoms with Crippen molar-refractivity contribution in [1.29, 1.82) is 0 Å². The van der Waals surface area contributed by atoms with Crippen molar-refractivity contribution in [2.24, 2.45) is 0 Å². The Hall–Kier alpha value is -1.44. The quantitative estimate of drug-likeness (QED) is 0.372. The molecular weight excluding hydrogens is 319 g/mol. The first kappa shape index (κ1) is 20.6. The minimum Gasteiger partial charge on any atom is -0.432 e. The van der Waals surface area contributed by atoms with E-state index < -0.39 is 33.1 Å². The van der Waals surface area contributed by atoms with E-state index in [1.54, 1.807) is 27.7 Å². The molecule has 2 unspecified atom stereocenters. The summed E-state index contributed by atoms with van der Waals surface area (Å²) in [6.07, 6.45) is -4.96. The number of carbonyl (C=O) groups excluding carboxylic acids is 2. The molecule has 2 atom stereocenters. The zero-order valence-corrected chi connectivity index (χ0v) is 14.3. The molecule has 0 rings (SSSR count). The van der Waals surface area contributed by atoms with Crippen molar-refractivity contribution in [3.63, 3.8) is 0 Å². The Morgan fingerprint density at radius 2 is 1.00 bits per heavy atom. The van der Waals surface area contributed by atoms with E-state index in [4.69, 9.17) is 18.5 Å². The van der Waals surface area contributed by atoms with Crippen molar-refractivity contribution in [3.8, 4) is 0 Å². The van der Waals surface area contributed by atoms with Crippen LogP contribution in [0.25, 0.3) is 0 Å². The van der Waals surface area contributed by atoms with Gasteiger partial charge in [0, 0.05) is 18.4 Å². The predicted octanol–water partition coefficient (Wildman–Crippen LogP) is 3.49. The van der Waals surface area contributed by atoms with E-state index in [1.807, 2.05) is 0 Å². The number of ether oxygens (including phenoxy) is 4. The molecule has 0 fully saturated rings. The predicted molar refractivity (Wildman–Crippen MR) is 74.1 cm³/mol. The van der Waals surface area contributed by atoms with Crippen LogP contribution in [0.1, 0.15) is 41.5 Å². The Labute approximate surface area is 130 Å². The zero-order valence-electron chi connectivity index (χ0n) is 13.4. The maximum atomic E-state index is 11.5. The molecule has 0 aromatic heterocycles. The molecule has 9 nitrogen and oxygen atoms in total. The molecule has 0 saturated carbocycles. The topological polar surface area (TPSA) is 107 Å². The Kier molecular flexibility index (Phi) is 9.64. The van der Waals surface area contributed by atoms with Gasteiger partial charge in [-0.1, -0.05) is 9.05 Å². The van der Waals surface area contributed by atoms with Gasteiger partial charge < -0.3 is 18.9 Å². The normalized spacial score (nSPS) is 14.3. The second kappa shape index (κ2) is 10.3. The van der Waals surface area contributed by atoms with Crippen molar-refractivity contribution in [1.82, 2.24) is 0 Å². The van der Waals surface area contributed by atoms with Crippen LogP contribution in [0.5, 0.6) is 0 Å². The fraction of sp³-hybridized carbons (Fsp3) is 0.833. The fourth-order valence-electron chi connectivity index (χ4n) is 1.02. The second-order valence-electron chi connectivity index (χ2n) is 4.64. The molecule has 22 heavy (non-hydrogen) atoms. The van der Waals surface area contributed by atoms with Gasteiger partial charge in [-0.2, -0.15) is 0 Å². The van der Waals surface area contributed by atoms with Crippen LogP contribution in [-0.4, -0.2) is 37.1 Å². The molecule has 0 radical (unpaired) electrons. The van der Waals surface area contributed by atoms with E-state index in [0.29, 0.717) is 0 Å². The summed E-state index contributed by atoms with van der Waals surface area (Å²) in [5, 5.41) is 0. The van der Waals surface area contributed by atoms with E-state index in [9.17, 15) is 14.2 Å². The largest absolute Gasteiger partial charge is 0.705 e. The maximum absolute atomic E-state index is 11.5. The van der Waals surface area contributed by atoms with Crippen LogP contribution in [0.15, 0.2) is 0 Å². The highest BCUT2D eigenvalue weighted by atomic mass is 31.1. The smallest absolute Gasteiger partial charge is 0.432 e. The van der Waals surface area contributed by atoms with E-state index in [1.165, 1.54) is 13.8 Å². The van der Waals surface area contributed by atoms with E-state index in [-0.39, 0.29) is 12.2 Å². The van der Waals surface area contributed by atoms with Crippen LogP contribution in [0.2, 0.25) is 0 Å². The number of hydrogen-bond donors (Lipinski definition) is 0. The first-order valence-electron chi connectivity index (χ1n) is 6.65. The van der Waals surface area contributed by atoms with Gasteiger partial charge in [0.05, 0.1) is 12.2 Å². The number of carbonyl (C=O) groups is 2. The summed E-state index contributed by atoms with van der Waals surface area (Å²) in [6.45, 7) is 9.24. The molecule has 0 spiro atoms. The first-order valence-corrected chi connectivity index (χ1v) is 7.75. The van der Waals surface area contributed by atoms with Crippen LogP contribution in [0.3, 0.4) is 0 Å². The van der Waals surface area contributed by atoms with Gasteiger partial charge in [0.1, 0.15) is 0 Å². The number of hydrogen-bond acceptors (Lipinski definition) is 9. The molecule has 0 amide bonds. The average molecular weight is 341 g/mol. The lowest BCUT2D eigenvalue weighted by Crippen LogP contribution is -2.21. The third kappa shape index (κ3) is 11.2. The van der Waals surface area contributed by atoms with Gasteiger partial charge in [-0.05, 0) is 27.7 Å². The average Bonchev–Trinajstić information content (AvgIpc) is 2.23. The first-order chi connectivity index (χ1) is 10.1. The van der Waals surface area contributed by atoms with Gasteiger partial charge in [0.15, 0.2) is 0 Å². The van der Waals surface area contributed by atoms with Gasteiger partial charge in [0.2, 0.25) is 0 Å². The van der Waals surface area contributed by atoms with Crippen LogP contribution in [0, 0.1) is 0 Å². The highest BCUT2D eigenvalue weighted by Gasteiger charge is 2.32. The molecule has 0 aromatic rings. The molecular formula is C12H22O9P+. The summed E-state index contributed by atoms with van der Waals surface area (Å²) >= 11 is 0. The summed E-state index contributed by atoms with van der Waals surface area (Å²) in [5.41, 5.74) is 0. The van der Waals surface area contributed by atoms with Gasteiger partial charge in [-0.25, -0.2) is 9.59 Å². The molecule has 128 valence electrons. The third-order valence-electron chi connectivity index (χ3n) is 1.66. The molecule has 0 aromatic carbocycles. The SMILES string of the molecule is CC(C)OC(=O)OC(C)O[P+](=O)OC(C)OC(=O)OC(C)C. The lowest BCUT2D eigenvalue weighted by Gasteiger charge is -2.11. The Morgan fingerprint density at radius 3 is 1.27 bits per heavy atom. The summed E-state index contributed by atoms with van der Waals surface area (Å²) in [5.74, 6) is 0. The Bertz CT molecular complexity index is 349. The fourth-order valence-corrected chi connectivity index (χ4v) is 1.64. The molecule has 0 heterocycles. The number of rotatable bonds is 8.